The van der Waals surface area contributed by atoms with E-state index >= 15 is 0 Å². The van der Waals surface area contributed by atoms with E-state index in [1.807, 2.05) is 22.9 Å². The smallest absolute Gasteiger partial charge is 0.103 e. The maximum Gasteiger partial charge on any atom is 0.103 e. The van der Waals surface area contributed by atoms with Crippen LogP contribution in [0.5, 0.6) is 0 Å². The van der Waals surface area contributed by atoms with Gasteiger partial charge in [-0.1, -0.05) is 35.5 Å². The second-order valence-electron chi connectivity index (χ2n) is 4.08. The molecule has 5 heteroatoms. The Bertz CT molecular complexity index is 508. The number of benzene rings is 1. The quantitative estimate of drug-likeness (QED) is 0.836. The van der Waals surface area contributed by atoms with Gasteiger partial charge in [-0.25, -0.2) is 4.68 Å². The fraction of sp³-hybridized carbons (Fsp3) is 0.333. The van der Waals surface area contributed by atoms with Gasteiger partial charge in [0.15, 0.2) is 0 Å². The van der Waals surface area contributed by atoms with Crippen molar-refractivity contribution in [3.8, 4) is 0 Å². The van der Waals surface area contributed by atoms with Crippen molar-refractivity contribution in [2.24, 2.45) is 5.73 Å². The lowest BCUT2D eigenvalue weighted by atomic mass is 10.1. The summed E-state index contributed by atoms with van der Waals surface area (Å²) in [6.45, 7) is 1.64. The van der Waals surface area contributed by atoms with Crippen LogP contribution in [0.3, 0.4) is 0 Å². The number of fused-ring (bicyclic) bond motifs is 1. The lowest BCUT2D eigenvalue weighted by Gasteiger charge is -2.24. The Morgan fingerprint density at radius 1 is 1.35 bits per heavy atom. The average molecular weight is 230 g/mol. The molecule has 0 saturated heterocycles. The minimum atomic E-state index is 0.0519. The molecule has 2 aromatic rings. The summed E-state index contributed by atoms with van der Waals surface area (Å²) >= 11 is 0. The Labute approximate surface area is 99.2 Å². The van der Waals surface area contributed by atoms with E-state index in [4.69, 9.17) is 10.5 Å². The second-order valence-corrected chi connectivity index (χ2v) is 4.08. The first-order chi connectivity index (χ1) is 8.38. The van der Waals surface area contributed by atoms with Gasteiger partial charge < -0.3 is 10.5 Å². The van der Waals surface area contributed by atoms with Crippen LogP contribution in [0.15, 0.2) is 30.3 Å². The Morgan fingerprint density at radius 2 is 2.18 bits per heavy atom. The molecule has 2 N–H and O–H groups in total. The van der Waals surface area contributed by atoms with Crippen LogP contribution in [0.2, 0.25) is 0 Å². The van der Waals surface area contributed by atoms with Crippen LogP contribution in [-0.2, 0) is 24.4 Å². The minimum Gasteiger partial charge on any atom is -0.365 e. The van der Waals surface area contributed by atoms with E-state index in [-0.39, 0.29) is 6.10 Å². The van der Waals surface area contributed by atoms with Crippen molar-refractivity contribution in [2.45, 2.75) is 25.8 Å². The van der Waals surface area contributed by atoms with Gasteiger partial charge in [-0.3, -0.25) is 0 Å². The summed E-state index contributed by atoms with van der Waals surface area (Å²) in [5.74, 6) is 0. The highest BCUT2D eigenvalue weighted by molar-refractivity contribution is 5.19. The lowest BCUT2D eigenvalue weighted by Crippen LogP contribution is -2.22. The fourth-order valence-electron chi connectivity index (χ4n) is 2.09. The van der Waals surface area contributed by atoms with Gasteiger partial charge >= 0.3 is 0 Å². The van der Waals surface area contributed by atoms with E-state index in [1.54, 1.807) is 0 Å². The van der Waals surface area contributed by atoms with Crippen molar-refractivity contribution in [1.82, 2.24) is 15.0 Å². The molecule has 1 aromatic carbocycles. The molecule has 0 unspecified atom stereocenters. The number of nitrogens with zero attached hydrogens (tertiary/aromatic N) is 3. The molecule has 17 heavy (non-hydrogen) atoms. The van der Waals surface area contributed by atoms with Crippen LogP contribution in [0.4, 0.5) is 0 Å². The Kier molecular flexibility index (Phi) is 2.62. The van der Waals surface area contributed by atoms with Gasteiger partial charge in [0.2, 0.25) is 0 Å². The molecule has 5 nitrogen and oxygen atoms in total. The van der Waals surface area contributed by atoms with E-state index in [1.165, 1.54) is 5.56 Å². The number of nitrogens with two attached hydrogens (primary N) is 1. The Balaban J connectivity index is 1.86. The first kappa shape index (κ1) is 10.4. The lowest BCUT2D eigenvalue weighted by molar-refractivity contribution is -0.00178. The first-order valence-corrected chi connectivity index (χ1v) is 5.66. The predicted molar refractivity (Wildman–Crippen MR) is 61.9 cm³/mol. The van der Waals surface area contributed by atoms with Crippen molar-refractivity contribution in [3.05, 3.63) is 47.3 Å². The van der Waals surface area contributed by atoms with Crippen molar-refractivity contribution in [2.75, 3.05) is 0 Å². The molecule has 0 radical (unpaired) electrons. The molecular weight excluding hydrogens is 216 g/mol. The van der Waals surface area contributed by atoms with Crippen LogP contribution in [0.1, 0.15) is 23.1 Å². The zero-order chi connectivity index (χ0) is 11.7. The molecule has 1 aliphatic heterocycles. The largest absolute Gasteiger partial charge is 0.365 e. The van der Waals surface area contributed by atoms with Crippen molar-refractivity contribution >= 4 is 0 Å². The van der Waals surface area contributed by atoms with E-state index in [0.29, 0.717) is 19.7 Å². The molecular formula is C12H14N4O. The molecule has 0 bridgehead atoms. The molecule has 0 aliphatic carbocycles. The molecule has 1 aromatic heterocycles. The fourth-order valence-corrected chi connectivity index (χ4v) is 2.09. The molecule has 0 spiro atoms. The van der Waals surface area contributed by atoms with Gasteiger partial charge in [0.05, 0.1) is 18.8 Å². The maximum atomic E-state index is 5.83. The third-order valence-electron chi connectivity index (χ3n) is 3.04. The Hall–Kier alpha value is -1.72. The van der Waals surface area contributed by atoms with Gasteiger partial charge in [0, 0.05) is 6.54 Å². The number of aromatic nitrogens is 3. The number of hydrogen-bond donors (Lipinski definition) is 1. The number of ether oxygens (including phenoxy) is 1. The normalized spacial score (nSPS) is 19.0. The molecule has 88 valence electrons. The molecule has 1 aliphatic rings. The maximum absolute atomic E-state index is 5.83. The number of rotatable bonds is 2. The summed E-state index contributed by atoms with van der Waals surface area (Å²) in [6, 6.07) is 10.2. The van der Waals surface area contributed by atoms with Crippen molar-refractivity contribution in [1.29, 1.82) is 0 Å². The summed E-state index contributed by atoms with van der Waals surface area (Å²) in [6.07, 6.45) is 0.0519. The summed E-state index contributed by atoms with van der Waals surface area (Å²) in [5.41, 5.74) is 8.59. The van der Waals surface area contributed by atoms with E-state index < -0.39 is 0 Å². The summed E-state index contributed by atoms with van der Waals surface area (Å²) in [4.78, 5) is 0. The van der Waals surface area contributed by atoms with Gasteiger partial charge in [-0.05, 0) is 5.56 Å². The number of hydrogen-bond acceptors (Lipinski definition) is 4. The van der Waals surface area contributed by atoms with Crippen molar-refractivity contribution in [3.63, 3.8) is 0 Å². The molecule has 3 rings (SSSR count). The summed E-state index contributed by atoms with van der Waals surface area (Å²) in [7, 11) is 0. The first-order valence-electron chi connectivity index (χ1n) is 5.66. The molecule has 2 heterocycles. The van der Waals surface area contributed by atoms with Crippen LogP contribution in [0.25, 0.3) is 0 Å². The average Bonchev–Trinajstić information content (AvgIpc) is 2.81. The topological polar surface area (TPSA) is 66.0 Å². The third-order valence-corrected chi connectivity index (χ3v) is 3.04. The van der Waals surface area contributed by atoms with Crippen LogP contribution < -0.4 is 5.73 Å². The van der Waals surface area contributed by atoms with E-state index in [9.17, 15) is 0 Å². The highest BCUT2D eigenvalue weighted by Crippen LogP contribution is 2.26. The standard InChI is InChI=1S/C12H14N4O/c13-6-10-11-8-17-12(7-16(11)15-14-10)9-4-2-1-3-5-9/h1-5,12H,6-8,13H2/t12-/m1/s1. The minimum absolute atomic E-state index is 0.0519. The van der Waals surface area contributed by atoms with Crippen LogP contribution in [0, 0.1) is 0 Å². The highest BCUT2D eigenvalue weighted by Gasteiger charge is 2.23. The SMILES string of the molecule is NCc1nnn2c1CO[C@@H](c1ccccc1)C2. The van der Waals surface area contributed by atoms with Gasteiger partial charge in [0.25, 0.3) is 0 Å². The molecule has 0 amide bonds. The monoisotopic (exact) mass is 230 g/mol. The van der Waals surface area contributed by atoms with Crippen LogP contribution >= 0.6 is 0 Å². The molecule has 0 fully saturated rings. The van der Waals surface area contributed by atoms with Gasteiger partial charge in [0.1, 0.15) is 11.8 Å². The molecule has 1 atom stereocenters. The summed E-state index contributed by atoms with van der Waals surface area (Å²) < 4.78 is 7.73. The third kappa shape index (κ3) is 1.83. The highest BCUT2D eigenvalue weighted by atomic mass is 16.5. The zero-order valence-corrected chi connectivity index (χ0v) is 9.41. The van der Waals surface area contributed by atoms with Gasteiger partial charge in [-0.2, -0.15) is 0 Å². The summed E-state index contributed by atoms with van der Waals surface area (Å²) in [5, 5.41) is 8.16. The second kappa shape index (κ2) is 4.27. The van der Waals surface area contributed by atoms with Crippen LogP contribution in [-0.4, -0.2) is 15.0 Å². The molecule has 0 saturated carbocycles. The van der Waals surface area contributed by atoms with Gasteiger partial charge in [-0.15, -0.1) is 5.10 Å². The van der Waals surface area contributed by atoms with E-state index in [0.717, 1.165) is 11.4 Å². The van der Waals surface area contributed by atoms with Crippen molar-refractivity contribution < 1.29 is 4.74 Å². The predicted octanol–water partition coefficient (Wildman–Crippen LogP) is 1.01. The van der Waals surface area contributed by atoms with E-state index in [2.05, 4.69) is 22.4 Å². The Morgan fingerprint density at radius 3 is 2.94 bits per heavy atom. The zero-order valence-electron chi connectivity index (χ0n) is 9.41.